The van der Waals surface area contributed by atoms with Gasteiger partial charge < -0.3 is 5.11 Å². The summed E-state index contributed by atoms with van der Waals surface area (Å²) in [6.07, 6.45) is 7.97. The van der Waals surface area contributed by atoms with Gasteiger partial charge in [-0.1, -0.05) is 46.0 Å². The lowest BCUT2D eigenvalue weighted by Crippen LogP contribution is -2.12. The van der Waals surface area contributed by atoms with Gasteiger partial charge in [0.05, 0.1) is 5.92 Å². The minimum absolute atomic E-state index is 0.263. The third kappa shape index (κ3) is 8.35. The Labute approximate surface area is 99.4 Å². The second kappa shape index (κ2) is 10.5. The summed E-state index contributed by atoms with van der Waals surface area (Å²) in [6, 6.07) is 0. The van der Waals surface area contributed by atoms with Crippen LogP contribution in [0.1, 0.15) is 65.2 Å². The first kappa shape index (κ1) is 15.0. The van der Waals surface area contributed by atoms with Gasteiger partial charge in [0.2, 0.25) is 0 Å². The Kier molecular flexibility index (Phi) is 9.91. The van der Waals surface area contributed by atoms with Gasteiger partial charge in [0.15, 0.2) is 0 Å². The highest BCUT2D eigenvalue weighted by Crippen LogP contribution is 2.14. The van der Waals surface area contributed by atoms with Gasteiger partial charge in [-0.2, -0.15) is 0 Å². The van der Waals surface area contributed by atoms with Crippen molar-refractivity contribution in [1.29, 1.82) is 0 Å². The first-order valence-electron chi connectivity index (χ1n) is 6.40. The number of hydrogen-bond donors (Lipinski definition) is 1. The Balaban J connectivity index is 3.73. The van der Waals surface area contributed by atoms with Crippen LogP contribution in [0.25, 0.3) is 0 Å². The standard InChI is InChI=1S/C14H24O2/c1-3-5-7-8-10-12-13(14(15)16)11-9-6-4-2/h13H,3-5,7-8,10-12H2,1-2H3,(H,15,16). The van der Waals surface area contributed by atoms with Gasteiger partial charge in [-0.15, -0.1) is 11.8 Å². The number of unbranched alkanes of at least 4 members (excludes halogenated alkanes) is 4. The zero-order valence-corrected chi connectivity index (χ0v) is 10.6. The topological polar surface area (TPSA) is 37.3 Å². The molecule has 92 valence electrons. The molecule has 0 rings (SSSR count). The average Bonchev–Trinajstić information content (AvgIpc) is 2.26. The summed E-state index contributed by atoms with van der Waals surface area (Å²) < 4.78 is 0. The molecular formula is C14H24O2. The number of rotatable bonds is 8. The summed E-state index contributed by atoms with van der Waals surface area (Å²) in [5, 5.41) is 9.01. The van der Waals surface area contributed by atoms with Crippen molar-refractivity contribution in [2.75, 3.05) is 0 Å². The van der Waals surface area contributed by atoms with Gasteiger partial charge in [0.25, 0.3) is 0 Å². The Morgan fingerprint density at radius 1 is 1.12 bits per heavy atom. The predicted molar refractivity (Wildman–Crippen MR) is 67.2 cm³/mol. The zero-order chi connectivity index (χ0) is 12.2. The number of carbonyl (C=O) groups is 1. The fourth-order valence-corrected chi connectivity index (χ4v) is 1.63. The molecule has 0 aromatic rings. The van der Waals surface area contributed by atoms with E-state index in [0.717, 1.165) is 25.7 Å². The Bertz CT molecular complexity index is 235. The highest BCUT2D eigenvalue weighted by Gasteiger charge is 2.15. The van der Waals surface area contributed by atoms with Gasteiger partial charge in [-0.05, 0) is 6.42 Å². The van der Waals surface area contributed by atoms with Crippen LogP contribution in [0.4, 0.5) is 0 Å². The zero-order valence-electron chi connectivity index (χ0n) is 10.6. The van der Waals surface area contributed by atoms with Crippen LogP contribution in [0, 0.1) is 17.8 Å². The Morgan fingerprint density at radius 3 is 2.38 bits per heavy atom. The van der Waals surface area contributed by atoms with Crippen LogP contribution in [0.2, 0.25) is 0 Å². The SMILES string of the molecule is CCC#CCC(CCCCCCC)C(=O)O. The Morgan fingerprint density at radius 2 is 1.81 bits per heavy atom. The lowest BCUT2D eigenvalue weighted by Gasteiger charge is -2.08. The molecule has 1 N–H and O–H groups in total. The largest absolute Gasteiger partial charge is 0.481 e. The smallest absolute Gasteiger partial charge is 0.307 e. The summed E-state index contributed by atoms with van der Waals surface area (Å²) >= 11 is 0. The molecule has 2 nitrogen and oxygen atoms in total. The first-order chi connectivity index (χ1) is 7.72. The molecule has 0 aliphatic heterocycles. The molecule has 0 heterocycles. The van der Waals surface area contributed by atoms with Crippen molar-refractivity contribution in [3.8, 4) is 11.8 Å². The van der Waals surface area contributed by atoms with E-state index in [1.807, 2.05) is 6.92 Å². The average molecular weight is 224 g/mol. The molecule has 0 aliphatic rings. The lowest BCUT2D eigenvalue weighted by molar-refractivity contribution is -0.141. The second-order valence-electron chi connectivity index (χ2n) is 4.15. The van der Waals surface area contributed by atoms with Crippen LogP contribution < -0.4 is 0 Å². The van der Waals surface area contributed by atoms with Crippen LogP contribution in [0.5, 0.6) is 0 Å². The van der Waals surface area contributed by atoms with Crippen molar-refractivity contribution in [3.63, 3.8) is 0 Å². The van der Waals surface area contributed by atoms with Gasteiger partial charge in [-0.25, -0.2) is 0 Å². The van der Waals surface area contributed by atoms with Crippen LogP contribution in [-0.2, 0) is 4.79 Å². The van der Waals surface area contributed by atoms with Gasteiger partial charge >= 0.3 is 5.97 Å². The number of hydrogen-bond acceptors (Lipinski definition) is 1. The number of carboxylic acids is 1. The molecule has 0 amide bonds. The molecule has 0 fully saturated rings. The van der Waals surface area contributed by atoms with Crippen molar-refractivity contribution >= 4 is 5.97 Å². The molecule has 0 spiro atoms. The van der Waals surface area contributed by atoms with Crippen LogP contribution in [-0.4, -0.2) is 11.1 Å². The summed E-state index contributed by atoms with van der Waals surface area (Å²) in [7, 11) is 0. The molecule has 0 saturated heterocycles. The highest BCUT2D eigenvalue weighted by molar-refractivity contribution is 5.70. The van der Waals surface area contributed by atoms with Crippen molar-refractivity contribution in [3.05, 3.63) is 0 Å². The lowest BCUT2D eigenvalue weighted by atomic mass is 9.97. The van der Waals surface area contributed by atoms with E-state index in [-0.39, 0.29) is 5.92 Å². The summed E-state index contributed by atoms with van der Waals surface area (Å²) in [5.41, 5.74) is 0. The third-order valence-electron chi connectivity index (χ3n) is 2.66. The molecule has 0 radical (unpaired) electrons. The Hall–Kier alpha value is -0.970. The molecule has 16 heavy (non-hydrogen) atoms. The van der Waals surface area contributed by atoms with Gasteiger partial charge in [0, 0.05) is 12.8 Å². The first-order valence-corrected chi connectivity index (χ1v) is 6.40. The maximum atomic E-state index is 10.9. The fraction of sp³-hybridized carbons (Fsp3) is 0.786. The van der Waals surface area contributed by atoms with Crippen molar-refractivity contribution in [2.24, 2.45) is 5.92 Å². The molecule has 0 aromatic carbocycles. The monoisotopic (exact) mass is 224 g/mol. The van der Waals surface area contributed by atoms with Gasteiger partial charge in [-0.3, -0.25) is 4.79 Å². The van der Waals surface area contributed by atoms with E-state index in [4.69, 9.17) is 5.11 Å². The summed E-state index contributed by atoms with van der Waals surface area (Å²) in [6.45, 7) is 4.16. The maximum absolute atomic E-state index is 10.9. The van der Waals surface area contributed by atoms with E-state index < -0.39 is 5.97 Å². The fourth-order valence-electron chi connectivity index (χ4n) is 1.63. The van der Waals surface area contributed by atoms with E-state index in [1.54, 1.807) is 0 Å². The van der Waals surface area contributed by atoms with Crippen molar-refractivity contribution < 1.29 is 9.90 Å². The van der Waals surface area contributed by atoms with E-state index in [1.165, 1.54) is 19.3 Å². The second-order valence-corrected chi connectivity index (χ2v) is 4.15. The van der Waals surface area contributed by atoms with E-state index in [2.05, 4.69) is 18.8 Å². The van der Waals surface area contributed by atoms with Crippen molar-refractivity contribution in [1.82, 2.24) is 0 Å². The van der Waals surface area contributed by atoms with Crippen LogP contribution >= 0.6 is 0 Å². The molecule has 1 atom stereocenters. The molecule has 2 heteroatoms. The quantitative estimate of drug-likeness (QED) is 0.502. The van der Waals surface area contributed by atoms with E-state index in [0.29, 0.717) is 6.42 Å². The molecular weight excluding hydrogens is 200 g/mol. The molecule has 0 bridgehead atoms. The van der Waals surface area contributed by atoms with Crippen LogP contribution in [0.15, 0.2) is 0 Å². The maximum Gasteiger partial charge on any atom is 0.307 e. The predicted octanol–water partition coefficient (Wildman–Crippen LogP) is 3.85. The molecule has 0 aliphatic carbocycles. The van der Waals surface area contributed by atoms with E-state index in [9.17, 15) is 4.79 Å². The molecule has 0 aromatic heterocycles. The number of aliphatic carboxylic acids is 1. The normalized spacial score (nSPS) is 11.6. The van der Waals surface area contributed by atoms with Crippen molar-refractivity contribution in [2.45, 2.75) is 65.2 Å². The van der Waals surface area contributed by atoms with Crippen LogP contribution in [0.3, 0.4) is 0 Å². The number of carboxylic acid groups (broad SMARTS) is 1. The minimum Gasteiger partial charge on any atom is -0.481 e. The highest BCUT2D eigenvalue weighted by atomic mass is 16.4. The minimum atomic E-state index is -0.694. The summed E-state index contributed by atoms with van der Waals surface area (Å²) in [5.74, 6) is 4.91. The third-order valence-corrected chi connectivity index (χ3v) is 2.66. The molecule has 1 unspecified atom stereocenters. The van der Waals surface area contributed by atoms with Gasteiger partial charge in [0.1, 0.15) is 0 Å². The summed E-state index contributed by atoms with van der Waals surface area (Å²) in [4.78, 5) is 10.9. The molecule has 0 saturated carbocycles. The van der Waals surface area contributed by atoms with E-state index >= 15 is 0 Å².